The summed E-state index contributed by atoms with van der Waals surface area (Å²) in [5.41, 5.74) is 2.12. The zero-order valence-corrected chi connectivity index (χ0v) is 13.1. The van der Waals surface area contributed by atoms with Crippen LogP contribution < -0.4 is 5.32 Å². The third-order valence-electron chi connectivity index (χ3n) is 4.69. The van der Waals surface area contributed by atoms with Crippen LogP contribution in [0.2, 0.25) is 0 Å². The summed E-state index contributed by atoms with van der Waals surface area (Å²) >= 11 is 2.09. The summed E-state index contributed by atoms with van der Waals surface area (Å²) in [7, 11) is 0. The van der Waals surface area contributed by atoms with Gasteiger partial charge in [0.2, 0.25) is 0 Å². The van der Waals surface area contributed by atoms with Gasteiger partial charge in [-0.1, -0.05) is 0 Å². The monoisotopic (exact) mass is 302 g/mol. The van der Waals surface area contributed by atoms with Gasteiger partial charge in [0, 0.05) is 12.7 Å². The number of aromatic nitrogens is 3. The zero-order chi connectivity index (χ0) is 14.1. The Hall–Kier alpha value is -1.07. The Labute approximate surface area is 129 Å². The molecule has 2 aliphatic heterocycles. The van der Waals surface area contributed by atoms with Crippen molar-refractivity contribution in [3.63, 3.8) is 0 Å². The molecule has 2 aromatic heterocycles. The lowest BCUT2D eigenvalue weighted by molar-refractivity contribution is 0.404. The van der Waals surface area contributed by atoms with Crippen LogP contribution >= 0.6 is 11.8 Å². The van der Waals surface area contributed by atoms with Crippen LogP contribution in [0.1, 0.15) is 37.5 Å². The Morgan fingerprint density at radius 1 is 1.29 bits per heavy atom. The summed E-state index contributed by atoms with van der Waals surface area (Å²) in [6.45, 7) is 2.20. The third-order valence-corrected chi connectivity index (χ3v) is 5.74. The van der Waals surface area contributed by atoms with E-state index < -0.39 is 0 Å². The number of nitrogens with zero attached hydrogens (tertiary/aromatic N) is 3. The summed E-state index contributed by atoms with van der Waals surface area (Å²) in [4.78, 5) is 9.50. The van der Waals surface area contributed by atoms with Crippen LogP contribution in [0.3, 0.4) is 0 Å². The summed E-state index contributed by atoms with van der Waals surface area (Å²) in [5, 5.41) is 3.60. The molecule has 0 radical (unpaired) electrons. The summed E-state index contributed by atoms with van der Waals surface area (Å²) in [6, 6.07) is 4.49. The molecular formula is C16H22N4S. The van der Waals surface area contributed by atoms with Crippen LogP contribution in [-0.4, -0.2) is 32.6 Å². The maximum atomic E-state index is 4.89. The van der Waals surface area contributed by atoms with Crippen molar-refractivity contribution in [1.82, 2.24) is 19.9 Å². The molecule has 21 heavy (non-hydrogen) atoms. The molecule has 0 spiro atoms. The minimum atomic E-state index is 0.414. The lowest BCUT2D eigenvalue weighted by atomic mass is 10.0. The molecule has 0 aromatic carbocycles. The predicted octanol–water partition coefficient (Wildman–Crippen LogP) is 3.00. The van der Waals surface area contributed by atoms with E-state index in [1.807, 2.05) is 12.3 Å². The highest BCUT2D eigenvalue weighted by molar-refractivity contribution is 7.99. The molecule has 112 valence electrons. The van der Waals surface area contributed by atoms with E-state index in [-0.39, 0.29) is 0 Å². The standard InChI is InChI=1S/C16H22N4S/c1-3-13(17-7-1)16-19-14-4-2-8-18-15(14)20(16)11-12-5-9-21-10-6-12/h2,4,8,12-13,17H,1,3,5-7,9-11H2. The molecule has 4 heterocycles. The van der Waals surface area contributed by atoms with Gasteiger partial charge in [0.25, 0.3) is 0 Å². The Balaban J connectivity index is 1.70. The number of hydrogen-bond acceptors (Lipinski definition) is 4. The van der Waals surface area contributed by atoms with E-state index in [9.17, 15) is 0 Å². The van der Waals surface area contributed by atoms with Crippen LogP contribution in [0.15, 0.2) is 18.3 Å². The first-order chi connectivity index (χ1) is 10.4. The fraction of sp³-hybridized carbons (Fsp3) is 0.625. The molecule has 2 aliphatic rings. The van der Waals surface area contributed by atoms with E-state index in [0.717, 1.165) is 30.2 Å². The number of thioether (sulfide) groups is 1. The highest BCUT2D eigenvalue weighted by Crippen LogP contribution is 2.29. The van der Waals surface area contributed by atoms with E-state index >= 15 is 0 Å². The van der Waals surface area contributed by atoms with Gasteiger partial charge in [-0.05, 0) is 61.8 Å². The Bertz CT molecular complexity index is 612. The second kappa shape index (κ2) is 5.97. The second-order valence-corrected chi connectivity index (χ2v) is 7.36. The average Bonchev–Trinajstić information content (AvgIpc) is 3.16. The summed E-state index contributed by atoms with van der Waals surface area (Å²) in [5.74, 6) is 4.61. The van der Waals surface area contributed by atoms with Gasteiger partial charge in [-0.2, -0.15) is 11.8 Å². The molecular weight excluding hydrogens is 280 g/mol. The second-order valence-electron chi connectivity index (χ2n) is 6.13. The minimum Gasteiger partial charge on any atom is -0.311 e. The minimum absolute atomic E-state index is 0.414. The maximum absolute atomic E-state index is 4.89. The van der Waals surface area contributed by atoms with Crippen LogP contribution in [0.5, 0.6) is 0 Å². The molecule has 4 rings (SSSR count). The van der Waals surface area contributed by atoms with E-state index in [4.69, 9.17) is 4.98 Å². The lowest BCUT2D eigenvalue weighted by Gasteiger charge is -2.23. The number of pyridine rings is 1. The molecule has 0 bridgehead atoms. The molecule has 1 unspecified atom stereocenters. The molecule has 1 atom stereocenters. The van der Waals surface area contributed by atoms with Crippen molar-refractivity contribution in [2.24, 2.45) is 5.92 Å². The Morgan fingerprint density at radius 3 is 3.00 bits per heavy atom. The van der Waals surface area contributed by atoms with Crippen molar-refractivity contribution in [2.75, 3.05) is 18.1 Å². The summed E-state index contributed by atoms with van der Waals surface area (Å²) < 4.78 is 2.40. The smallest absolute Gasteiger partial charge is 0.160 e. The highest BCUT2D eigenvalue weighted by atomic mass is 32.2. The number of imidazole rings is 1. The molecule has 2 saturated heterocycles. The molecule has 2 aromatic rings. The average molecular weight is 302 g/mol. The third kappa shape index (κ3) is 2.69. The van der Waals surface area contributed by atoms with Gasteiger partial charge in [-0.25, -0.2) is 9.97 Å². The van der Waals surface area contributed by atoms with Crippen LogP contribution in [-0.2, 0) is 6.54 Å². The number of rotatable bonds is 3. The molecule has 0 aliphatic carbocycles. The first kappa shape index (κ1) is 13.6. The Morgan fingerprint density at radius 2 is 2.19 bits per heavy atom. The van der Waals surface area contributed by atoms with Crippen molar-refractivity contribution in [3.8, 4) is 0 Å². The van der Waals surface area contributed by atoms with Gasteiger partial charge in [-0.15, -0.1) is 0 Å². The maximum Gasteiger partial charge on any atom is 0.160 e. The normalized spacial score (nSPS) is 23.9. The first-order valence-electron chi connectivity index (χ1n) is 8.04. The van der Waals surface area contributed by atoms with Gasteiger partial charge >= 0.3 is 0 Å². The van der Waals surface area contributed by atoms with E-state index in [0.29, 0.717) is 6.04 Å². The quantitative estimate of drug-likeness (QED) is 0.946. The van der Waals surface area contributed by atoms with E-state index in [1.165, 1.54) is 43.0 Å². The Kier molecular flexibility index (Phi) is 3.86. The van der Waals surface area contributed by atoms with Gasteiger partial charge in [0.05, 0.1) is 6.04 Å². The van der Waals surface area contributed by atoms with Crippen molar-refractivity contribution < 1.29 is 0 Å². The number of nitrogens with one attached hydrogen (secondary N) is 1. The zero-order valence-electron chi connectivity index (χ0n) is 12.3. The molecule has 1 N–H and O–H groups in total. The van der Waals surface area contributed by atoms with Crippen molar-refractivity contribution in [2.45, 2.75) is 38.3 Å². The van der Waals surface area contributed by atoms with Gasteiger partial charge in [0.1, 0.15) is 11.3 Å². The number of hydrogen-bond donors (Lipinski definition) is 1. The largest absolute Gasteiger partial charge is 0.311 e. The van der Waals surface area contributed by atoms with Crippen LogP contribution in [0.25, 0.3) is 11.2 Å². The van der Waals surface area contributed by atoms with Crippen molar-refractivity contribution in [1.29, 1.82) is 0 Å². The SMILES string of the molecule is c1cnc2c(c1)nc(C1CCCN1)n2CC1CCSCC1. The molecule has 2 fully saturated rings. The molecule has 0 amide bonds. The van der Waals surface area contributed by atoms with Crippen LogP contribution in [0, 0.1) is 5.92 Å². The van der Waals surface area contributed by atoms with E-state index in [1.54, 1.807) is 0 Å². The first-order valence-corrected chi connectivity index (χ1v) is 9.19. The molecule has 5 heteroatoms. The number of fused-ring (bicyclic) bond motifs is 1. The van der Waals surface area contributed by atoms with Crippen molar-refractivity contribution in [3.05, 3.63) is 24.2 Å². The van der Waals surface area contributed by atoms with Gasteiger partial charge < -0.3 is 9.88 Å². The fourth-order valence-electron chi connectivity index (χ4n) is 3.51. The summed E-state index contributed by atoms with van der Waals surface area (Å²) in [6.07, 6.45) is 7.00. The topological polar surface area (TPSA) is 42.7 Å². The predicted molar refractivity (Wildman–Crippen MR) is 87.6 cm³/mol. The van der Waals surface area contributed by atoms with Gasteiger partial charge in [-0.3, -0.25) is 0 Å². The highest BCUT2D eigenvalue weighted by Gasteiger charge is 2.25. The lowest BCUT2D eigenvalue weighted by Crippen LogP contribution is -2.22. The van der Waals surface area contributed by atoms with Crippen molar-refractivity contribution >= 4 is 22.9 Å². The van der Waals surface area contributed by atoms with E-state index in [2.05, 4.69) is 32.7 Å². The van der Waals surface area contributed by atoms with Crippen LogP contribution in [0.4, 0.5) is 0 Å². The fourth-order valence-corrected chi connectivity index (χ4v) is 4.72. The molecule has 4 nitrogen and oxygen atoms in total. The molecule has 0 saturated carbocycles. The van der Waals surface area contributed by atoms with Gasteiger partial charge in [0.15, 0.2) is 5.65 Å².